The quantitative estimate of drug-likeness (QED) is 0.390. The van der Waals surface area contributed by atoms with Gasteiger partial charge in [-0.25, -0.2) is 4.79 Å². The zero-order valence-electron chi connectivity index (χ0n) is 7.86. The molecule has 0 spiro atoms. The number of rotatable bonds is 5. The Morgan fingerprint density at radius 3 is 2.71 bits per heavy atom. The standard InChI is InChI=1S/C9H12O5/c1-5(8(10)11)6(2)9(12)14-4-7-3-13-7/h5,7H,2-4H2,1H3,(H,10,11). The topological polar surface area (TPSA) is 76.1 Å². The molecule has 1 fully saturated rings. The number of carboxylic acid groups (broad SMARTS) is 1. The van der Waals surface area contributed by atoms with Gasteiger partial charge in [0.15, 0.2) is 0 Å². The lowest BCUT2D eigenvalue weighted by molar-refractivity contribution is -0.145. The van der Waals surface area contributed by atoms with E-state index in [9.17, 15) is 9.59 Å². The highest BCUT2D eigenvalue weighted by Gasteiger charge is 2.27. The summed E-state index contributed by atoms with van der Waals surface area (Å²) in [6.45, 7) is 5.53. The van der Waals surface area contributed by atoms with E-state index in [1.807, 2.05) is 0 Å². The second kappa shape index (κ2) is 4.23. The van der Waals surface area contributed by atoms with Gasteiger partial charge in [-0.05, 0) is 6.92 Å². The van der Waals surface area contributed by atoms with E-state index in [1.165, 1.54) is 6.92 Å². The maximum absolute atomic E-state index is 11.2. The molecule has 1 rings (SSSR count). The average Bonchev–Trinajstić information content (AvgIpc) is 2.95. The lowest BCUT2D eigenvalue weighted by atomic mass is 10.0. The van der Waals surface area contributed by atoms with E-state index in [2.05, 4.69) is 6.58 Å². The van der Waals surface area contributed by atoms with Crippen LogP contribution in [0.2, 0.25) is 0 Å². The maximum Gasteiger partial charge on any atom is 0.334 e. The fourth-order valence-electron chi connectivity index (χ4n) is 0.751. The zero-order valence-corrected chi connectivity index (χ0v) is 7.86. The van der Waals surface area contributed by atoms with E-state index in [4.69, 9.17) is 14.6 Å². The third-order valence-electron chi connectivity index (χ3n) is 1.96. The highest BCUT2D eigenvalue weighted by atomic mass is 16.6. The van der Waals surface area contributed by atoms with Crippen LogP contribution < -0.4 is 0 Å². The van der Waals surface area contributed by atoms with Gasteiger partial charge in [-0.3, -0.25) is 4.79 Å². The van der Waals surface area contributed by atoms with Gasteiger partial charge in [-0.1, -0.05) is 6.58 Å². The molecular weight excluding hydrogens is 188 g/mol. The van der Waals surface area contributed by atoms with E-state index in [1.54, 1.807) is 0 Å². The summed E-state index contributed by atoms with van der Waals surface area (Å²) in [7, 11) is 0. The van der Waals surface area contributed by atoms with Crippen molar-refractivity contribution in [3.8, 4) is 0 Å². The molecule has 1 N–H and O–H groups in total. The van der Waals surface area contributed by atoms with Gasteiger partial charge in [-0.2, -0.15) is 0 Å². The molecule has 1 aliphatic rings. The highest BCUT2D eigenvalue weighted by Crippen LogP contribution is 2.13. The Kier molecular flexibility index (Phi) is 3.24. The van der Waals surface area contributed by atoms with Gasteiger partial charge in [0.1, 0.15) is 12.7 Å². The first-order valence-electron chi connectivity index (χ1n) is 4.22. The number of carbonyl (C=O) groups is 2. The van der Waals surface area contributed by atoms with Crippen molar-refractivity contribution >= 4 is 11.9 Å². The van der Waals surface area contributed by atoms with Gasteiger partial charge < -0.3 is 14.6 Å². The van der Waals surface area contributed by atoms with E-state index in [0.717, 1.165) is 0 Å². The molecule has 0 aromatic heterocycles. The molecule has 1 aliphatic heterocycles. The molecular formula is C9H12O5. The van der Waals surface area contributed by atoms with Crippen LogP contribution in [0.4, 0.5) is 0 Å². The van der Waals surface area contributed by atoms with Crippen LogP contribution in [0, 0.1) is 5.92 Å². The molecule has 0 saturated carbocycles. The van der Waals surface area contributed by atoms with Crippen LogP contribution in [0.1, 0.15) is 6.92 Å². The number of aliphatic carboxylic acids is 1. The normalized spacial score (nSPS) is 21.1. The number of hydrogen-bond acceptors (Lipinski definition) is 4. The van der Waals surface area contributed by atoms with Gasteiger partial charge in [-0.15, -0.1) is 0 Å². The summed E-state index contributed by atoms with van der Waals surface area (Å²) in [5.74, 6) is -2.67. The smallest absolute Gasteiger partial charge is 0.334 e. The first kappa shape index (κ1) is 10.7. The van der Waals surface area contributed by atoms with Crippen molar-refractivity contribution in [2.45, 2.75) is 13.0 Å². The molecule has 2 atom stereocenters. The van der Waals surface area contributed by atoms with E-state index < -0.39 is 17.9 Å². The molecule has 1 heterocycles. The van der Waals surface area contributed by atoms with Crippen LogP contribution in [0.15, 0.2) is 12.2 Å². The molecule has 0 amide bonds. The van der Waals surface area contributed by atoms with Crippen molar-refractivity contribution in [1.29, 1.82) is 0 Å². The first-order chi connectivity index (χ1) is 6.52. The molecule has 5 heteroatoms. The first-order valence-corrected chi connectivity index (χ1v) is 4.22. The number of carboxylic acids is 1. The Labute approximate surface area is 81.3 Å². The Bertz CT molecular complexity index is 266. The predicted octanol–water partition coefficient (Wildman–Crippen LogP) is 0.205. The van der Waals surface area contributed by atoms with Crippen molar-refractivity contribution in [2.24, 2.45) is 5.92 Å². The largest absolute Gasteiger partial charge is 0.481 e. The molecule has 0 aromatic rings. The Morgan fingerprint density at radius 2 is 2.29 bits per heavy atom. The summed E-state index contributed by atoms with van der Waals surface area (Å²) in [6.07, 6.45) is -0.0214. The van der Waals surface area contributed by atoms with Crippen molar-refractivity contribution in [3.63, 3.8) is 0 Å². The van der Waals surface area contributed by atoms with Crippen LogP contribution >= 0.6 is 0 Å². The Balaban J connectivity index is 2.34. The molecule has 78 valence electrons. The predicted molar refractivity (Wildman–Crippen MR) is 46.6 cm³/mol. The number of esters is 1. The lowest BCUT2D eigenvalue weighted by Crippen LogP contribution is -2.20. The second-order valence-electron chi connectivity index (χ2n) is 3.14. The maximum atomic E-state index is 11.2. The number of epoxide rings is 1. The highest BCUT2D eigenvalue weighted by molar-refractivity contribution is 5.94. The average molecular weight is 200 g/mol. The minimum absolute atomic E-state index is 0.0214. The number of hydrogen-bond donors (Lipinski definition) is 1. The van der Waals surface area contributed by atoms with Gasteiger partial charge in [0.2, 0.25) is 0 Å². The van der Waals surface area contributed by atoms with Gasteiger partial charge >= 0.3 is 11.9 Å². The SMILES string of the molecule is C=C(C(=O)OCC1CO1)C(C)C(=O)O. The van der Waals surface area contributed by atoms with Crippen molar-refractivity contribution in [2.75, 3.05) is 13.2 Å². The number of ether oxygens (including phenoxy) is 2. The van der Waals surface area contributed by atoms with E-state index in [0.29, 0.717) is 6.61 Å². The van der Waals surface area contributed by atoms with Gasteiger partial charge in [0.05, 0.1) is 12.5 Å². The molecule has 5 nitrogen and oxygen atoms in total. The molecule has 0 aromatic carbocycles. The van der Waals surface area contributed by atoms with Crippen molar-refractivity contribution in [1.82, 2.24) is 0 Å². The van der Waals surface area contributed by atoms with E-state index >= 15 is 0 Å². The van der Waals surface area contributed by atoms with Crippen LogP contribution in [0.25, 0.3) is 0 Å². The van der Waals surface area contributed by atoms with Gasteiger partial charge in [0.25, 0.3) is 0 Å². The summed E-state index contributed by atoms with van der Waals surface area (Å²) in [5, 5.41) is 8.60. The zero-order chi connectivity index (χ0) is 10.7. The van der Waals surface area contributed by atoms with Crippen LogP contribution in [-0.2, 0) is 19.1 Å². The fourth-order valence-corrected chi connectivity index (χ4v) is 0.751. The van der Waals surface area contributed by atoms with Gasteiger partial charge in [0, 0.05) is 5.57 Å². The third-order valence-corrected chi connectivity index (χ3v) is 1.96. The van der Waals surface area contributed by atoms with Crippen molar-refractivity contribution < 1.29 is 24.2 Å². The summed E-state index contributed by atoms with van der Waals surface area (Å²) in [6, 6.07) is 0. The molecule has 1 saturated heterocycles. The van der Waals surface area contributed by atoms with Crippen LogP contribution in [0.5, 0.6) is 0 Å². The fraction of sp³-hybridized carbons (Fsp3) is 0.556. The third kappa shape index (κ3) is 2.85. The monoisotopic (exact) mass is 200 g/mol. The van der Waals surface area contributed by atoms with Crippen LogP contribution in [0.3, 0.4) is 0 Å². The summed E-state index contributed by atoms with van der Waals surface area (Å²) >= 11 is 0. The molecule has 2 unspecified atom stereocenters. The molecule has 14 heavy (non-hydrogen) atoms. The summed E-state index contributed by atoms with van der Waals surface area (Å²) in [4.78, 5) is 21.7. The Hall–Kier alpha value is -1.36. The molecule has 0 bridgehead atoms. The summed E-state index contributed by atoms with van der Waals surface area (Å²) in [5.41, 5.74) is -0.0434. The number of carbonyl (C=O) groups excluding carboxylic acids is 1. The van der Waals surface area contributed by atoms with Crippen LogP contribution in [-0.4, -0.2) is 36.4 Å². The van der Waals surface area contributed by atoms with Crippen molar-refractivity contribution in [3.05, 3.63) is 12.2 Å². The molecule has 0 radical (unpaired) electrons. The molecule has 0 aliphatic carbocycles. The summed E-state index contributed by atoms with van der Waals surface area (Å²) < 4.78 is 9.60. The van der Waals surface area contributed by atoms with E-state index in [-0.39, 0.29) is 18.3 Å². The Morgan fingerprint density at radius 1 is 1.71 bits per heavy atom. The minimum atomic E-state index is -1.09. The second-order valence-corrected chi connectivity index (χ2v) is 3.14. The lowest BCUT2D eigenvalue weighted by Gasteiger charge is -2.08. The minimum Gasteiger partial charge on any atom is -0.481 e.